The molecule has 0 unspecified atom stereocenters. The molecule has 0 aliphatic rings. The molecule has 0 atom stereocenters. The summed E-state index contributed by atoms with van der Waals surface area (Å²) in [4.78, 5) is 5.06. The summed E-state index contributed by atoms with van der Waals surface area (Å²) in [7, 11) is 0. The van der Waals surface area contributed by atoms with Crippen molar-refractivity contribution in [2.75, 3.05) is 5.32 Å². The molecule has 2 rings (SSSR count). The van der Waals surface area contributed by atoms with Gasteiger partial charge in [0.05, 0.1) is 6.54 Å². The fourth-order valence-electron chi connectivity index (χ4n) is 1.10. The van der Waals surface area contributed by atoms with Crippen LogP contribution in [0.1, 0.15) is 4.88 Å². The Morgan fingerprint density at radius 1 is 1.36 bits per heavy atom. The van der Waals surface area contributed by atoms with Crippen molar-refractivity contribution in [1.29, 1.82) is 0 Å². The smallest absolute Gasteiger partial charge is 0.165 e. The first-order valence-electron chi connectivity index (χ1n) is 4.23. The second-order valence-corrected chi connectivity index (χ2v) is 3.80. The monoisotopic (exact) mass is 208 g/mol. The van der Waals surface area contributed by atoms with E-state index >= 15 is 0 Å². The average Bonchev–Trinajstić information content (AvgIpc) is 2.69. The van der Waals surface area contributed by atoms with Crippen LogP contribution in [0.5, 0.6) is 0 Å². The number of pyridine rings is 1. The summed E-state index contributed by atoms with van der Waals surface area (Å²) in [5, 5.41) is 4.93. The minimum Gasteiger partial charge on any atom is -0.363 e. The van der Waals surface area contributed by atoms with Crippen LogP contribution in [0.3, 0.4) is 0 Å². The first kappa shape index (κ1) is 9.15. The third-order valence-electron chi connectivity index (χ3n) is 1.77. The topological polar surface area (TPSA) is 24.9 Å². The third kappa shape index (κ3) is 2.09. The molecule has 4 heteroatoms. The van der Waals surface area contributed by atoms with E-state index in [-0.39, 0.29) is 5.82 Å². The Morgan fingerprint density at radius 3 is 3.00 bits per heavy atom. The summed E-state index contributed by atoms with van der Waals surface area (Å²) in [5.41, 5.74) is 0. The van der Waals surface area contributed by atoms with Crippen molar-refractivity contribution in [3.05, 3.63) is 46.5 Å². The van der Waals surface area contributed by atoms with Gasteiger partial charge in [0.15, 0.2) is 11.6 Å². The second kappa shape index (κ2) is 4.19. The SMILES string of the molecule is Fc1cccnc1NCc1cccs1. The molecule has 2 heterocycles. The highest BCUT2D eigenvalue weighted by atomic mass is 32.1. The van der Waals surface area contributed by atoms with E-state index < -0.39 is 0 Å². The van der Waals surface area contributed by atoms with E-state index in [0.29, 0.717) is 12.4 Å². The van der Waals surface area contributed by atoms with Crippen molar-refractivity contribution in [1.82, 2.24) is 4.98 Å². The normalized spacial score (nSPS) is 10.1. The first-order chi connectivity index (χ1) is 6.86. The lowest BCUT2D eigenvalue weighted by Crippen LogP contribution is -2.01. The van der Waals surface area contributed by atoms with Crippen LogP contribution in [0.4, 0.5) is 10.2 Å². The molecule has 1 N–H and O–H groups in total. The summed E-state index contributed by atoms with van der Waals surface area (Å²) in [6, 6.07) is 6.93. The number of rotatable bonds is 3. The number of halogens is 1. The van der Waals surface area contributed by atoms with Crippen molar-refractivity contribution < 1.29 is 4.39 Å². The van der Waals surface area contributed by atoms with E-state index in [1.165, 1.54) is 6.07 Å². The number of nitrogens with one attached hydrogen (secondary N) is 1. The van der Waals surface area contributed by atoms with E-state index in [0.717, 1.165) is 4.88 Å². The molecule has 2 aromatic rings. The van der Waals surface area contributed by atoms with Gasteiger partial charge in [-0.05, 0) is 23.6 Å². The average molecular weight is 208 g/mol. The highest BCUT2D eigenvalue weighted by Crippen LogP contribution is 2.13. The molecular formula is C10H9FN2S. The van der Waals surface area contributed by atoms with Gasteiger partial charge in [0, 0.05) is 11.1 Å². The molecule has 0 amide bonds. The lowest BCUT2D eigenvalue weighted by Gasteiger charge is -2.03. The third-order valence-corrected chi connectivity index (χ3v) is 2.65. The molecule has 2 aromatic heterocycles. The van der Waals surface area contributed by atoms with Crippen LogP contribution in [0.2, 0.25) is 0 Å². The van der Waals surface area contributed by atoms with Gasteiger partial charge in [0.1, 0.15) is 0 Å². The van der Waals surface area contributed by atoms with Crippen molar-refractivity contribution >= 4 is 17.2 Å². The summed E-state index contributed by atoms with van der Waals surface area (Å²) in [5.74, 6) is -0.00930. The summed E-state index contributed by atoms with van der Waals surface area (Å²) >= 11 is 1.64. The van der Waals surface area contributed by atoms with Gasteiger partial charge in [0.25, 0.3) is 0 Å². The molecule has 0 fully saturated rings. The van der Waals surface area contributed by atoms with Gasteiger partial charge in [-0.15, -0.1) is 11.3 Å². The maximum absolute atomic E-state index is 13.1. The number of aromatic nitrogens is 1. The molecule has 0 bridgehead atoms. The number of hydrogen-bond acceptors (Lipinski definition) is 3. The molecule has 0 saturated heterocycles. The second-order valence-electron chi connectivity index (χ2n) is 2.77. The van der Waals surface area contributed by atoms with Crippen LogP contribution in [0.15, 0.2) is 35.8 Å². The van der Waals surface area contributed by atoms with Gasteiger partial charge in [0.2, 0.25) is 0 Å². The zero-order valence-electron chi connectivity index (χ0n) is 7.40. The largest absolute Gasteiger partial charge is 0.363 e. The molecule has 0 spiro atoms. The van der Waals surface area contributed by atoms with Gasteiger partial charge >= 0.3 is 0 Å². The molecule has 14 heavy (non-hydrogen) atoms. The highest BCUT2D eigenvalue weighted by molar-refractivity contribution is 7.09. The van der Waals surface area contributed by atoms with Gasteiger partial charge in [-0.25, -0.2) is 9.37 Å². The Bertz CT molecular complexity index is 400. The molecule has 2 nitrogen and oxygen atoms in total. The quantitative estimate of drug-likeness (QED) is 0.838. The van der Waals surface area contributed by atoms with Crippen LogP contribution < -0.4 is 5.32 Å². The van der Waals surface area contributed by atoms with Crippen LogP contribution in [-0.4, -0.2) is 4.98 Å². The van der Waals surface area contributed by atoms with Crippen molar-refractivity contribution in [2.24, 2.45) is 0 Å². The Kier molecular flexibility index (Phi) is 2.74. The first-order valence-corrected chi connectivity index (χ1v) is 5.11. The molecule has 0 aliphatic heterocycles. The fourth-order valence-corrected chi connectivity index (χ4v) is 1.74. The Hall–Kier alpha value is -1.42. The predicted molar refractivity (Wildman–Crippen MR) is 55.8 cm³/mol. The number of nitrogens with zero attached hydrogens (tertiary/aromatic N) is 1. The minimum absolute atomic E-state index is 0.306. The summed E-state index contributed by atoms with van der Waals surface area (Å²) in [6.07, 6.45) is 1.57. The van der Waals surface area contributed by atoms with E-state index in [1.807, 2.05) is 17.5 Å². The lowest BCUT2D eigenvalue weighted by molar-refractivity contribution is 0.624. The molecule has 0 aliphatic carbocycles. The standard InChI is InChI=1S/C10H9FN2S/c11-9-4-1-5-12-10(9)13-7-8-3-2-6-14-8/h1-6H,7H2,(H,12,13). The number of thiophene rings is 1. The van der Waals surface area contributed by atoms with Crippen LogP contribution in [0, 0.1) is 5.82 Å². The van der Waals surface area contributed by atoms with E-state index in [2.05, 4.69) is 10.3 Å². The number of hydrogen-bond donors (Lipinski definition) is 1. The summed E-state index contributed by atoms with van der Waals surface area (Å²) in [6.45, 7) is 0.617. The molecule has 0 radical (unpaired) electrons. The van der Waals surface area contributed by atoms with Gasteiger partial charge in [-0.2, -0.15) is 0 Å². The minimum atomic E-state index is -0.316. The zero-order chi connectivity index (χ0) is 9.80. The van der Waals surface area contributed by atoms with Gasteiger partial charge in [-0.3, -0.25) is 0 Å². The maximum Gasteiger partial charge on any atom is 0.165 e. The van der Waals surface area contributed by atoms with Crippen LogP contribution in [0.25, 0.3) is 0 Å². The molecule has 0 saturated carbocycles. The Labute approximate surface area is 85.4 Å². The summed E-state index contributed by atoms with van der Waals surface area (Å²) < 4.78 is 13.1. The maximum atomic E-state index is 13.1. The van der Waals surface area contributed by atoms with Gasteiger partial charge < -0.3 is 5.32 Å². The van der Waals surface area contributed by atoms with E-state index in [9.17, 15) is 4.39 Å². The molecular weight excluding hydrogens is 199 g/mol. The molecule has 0 aromatic carbocycles. The van der Waals surface area contributed by atoms with Gasteiger partial charge in [-0.1, -0.05) is 6.07 Å². The zero-order valence-corrected chi connectivity index (χ0v) is 8.22. The highest BCUT2D eigenvalue weighted by Gasteiger charge is 2.01. The van der Waals surface area contributed by atoms with Crippen molar-refractivity contribution in [3.63, 3.8) is 0 Å². The Balaban J connectivity index is 2.02. The fraction of sp³-hybridized carbons (Fsp3) is 0.100. The van der Waals surface area contributed by atoms with Crippen molar-refractivity contribution in [2.45, 2.75) is 6.54 Å². The van der Waals surface area contributed by atoms with Crippen molar-refractivity contribution in [3.8, 4) is 0 Å². The Morgan fingerprint density at radius 2 is 2.29 bits per heavy atom. The predicted octanol–water partition coefficient (Wildman–Crippen LogP) is 2.89. The van der Waals surface area contributed by atoms with E-state index in [4.69, 9.17) is 0 Å². The number of anilines is 1. The molecule has 72 valence electrons. The van der Waals surface area contributed by atoms with Crippen LogP contribution in [-0.2, 0) is 6.54 Å². The van der Waals surface area contributed by atoms with E-state index in [1.54, 1.807) is 23.6 Å². The lowest BCUT2D eigenvalue weighted by atomic mass is 10.4. The van der Waals surface area contributed by atoms with Crippen LogP contribution >= 0.6 is 11.3 Å².